The van der Waals surface area contributed by atoms with Gasteiger partial charge in [-0.25, -0.2) is 4.39 Å². The molecular weight excluding hydrogens is 221 g/mol. The Balaban J connectivity index is 3.06. The molecule has 0 bridgehead atoms. The number of hydrogen-bond acceptors (Lipinski definition) is 3. The first-order chi connectivity index (χ1) is 8.04. The van der Waals surface area contributed by atoms with Crippen LogP contribution in [0.1, 0.15) is 25.8 Å². The number of carbonyl (C=O) groups is 1. The molecule has 1 aromatic rings. The van der Waals surface area contributed by atoms with Gasteiger partial charge >= 0.3 is 5.97 Å². The second-order valence-corrected chi connectivity index (χ2v) is 4.10. The predicted octanol–water partition coefficient (Wildman–Crippen LogP) is 2.00. The zero-order valence-electron chi connectivity index (χ0n) is 10.2. The zero-order chi connectivity index (χ0) is 12.9. The molecule has 94 valence electrons. The Labute approximate surface area is 101 Å². The molecule has 1 aromatic carbocycles. The highest BCUT2D eigenvalue weighted by Crippen LogP contribution is 2.29. The van der Waals surface area contributed by atoms with Crippen molar-refractivity contribution in [2.24, 2.45) is 5.73 Å². The molecule has 1 atom stereocenters. The molecule has 0 aliphatic carbocycles. The normalized spacial score (nSPS) is 14.1. The Bertz CT molecular complexity index is 378. The molecule has 0 heterocycles. The third-order valence-electron chi connectivity index (χ3n) is 2.85. The number of carbonyl (C=O) groups excluding carboxylic acids is 1. The van der Waals surface area contributed by atoms with E-state index in [1.807, 2.05) is 0 Å². The van der Waals surface area contributed by atoms with E-state index in [1.54, 1.807) is 26.0 Å². The van der Waals surface area contributed by atoms with Gasteiger partial charge in [-0.1, -0.05) is 12.1 Å². The van der Waals surface area contributed by atoms with Crippen LogP contribution in [0.2, 0.25) is 0 Å². The summed E-state index contributed by atoms with van der Waals surface area (Å²) >= 11 is 0. The molecule has 0 aliphatic heterocycles. The summed E-state index contributed by atoms with van der Waals surface area (Å²) in [5.74, 6) is -0.648. The van der Waals surface area contributed by atoms with Crippen molar-refractivity contribution in [1.82, 2.24) is 0 Å². The quantitative estimate of drug-likeness (QED) is 0.799. The summed E-state index contributed by atoms with van der Waals surface area (Å²) in [4.78, 5) is 12.0. The van der Waals surface area contributed by atoms with E-state index >= 15 is 0 Å². The van der Waals surface area contributed by atoms with Gasteiger partial charge in [-0.05, 0) is 44.5 Å². The number of halogens is 1. The fourth-order valence-electron chi connectivity index (χ4n) is 1.76. The second kappa shape index (κ2) is 5.77. The summed E-state index contributed by atoms with van der Waals surface area (Å²) in [6.45, 7) is 4.21. The summed E-state index contributed by atoms with van der Waals surface area (Å²) in [5.41, 5.74) is 5.45. The second-order valence-electron chi connectivity index (χ2n) is 4.10. The number of nitrogens with two attached hydrogens (primary N) is 1. The Morgan fingerprint density at radius 2 is 2.00 bits per heavy atom. The summed E-state index contributed by atoms with van der Waals surface area (Å²) in [7, 11) is 0. The average Bonchev–Trinajstić information content (AvgIpc) is 2.30. The van der Waals surface area contributed by atoms with Gasteiger partial charge in [-0.3, -0.25) is 4.79 Å². The SMILES string of the molecule is CCOC(=O)C(C)(CCN)c1ccc(F)cc1. The minimum absolute atomic E-state index is 0.320. The molecule has 1 unspecified atom stereocenters. The molecule has 4 heteroatoms. The third kappa shape index (κ3) is 3.03. The number of benzene rings is 1. The van der Waals surface area contributed by atoms with Crippen molar-refractivity contribution in [2.45, 2.75) is 25.7 Å². The van der Waals surface area contributed by atoms with Crippen molar-refractivity contribution in [3.8, 4) is 0 Å². The zero-order valence-corrected chi connectivity index (χ0v) is 10.2. The highest BCUT2D eigenvalue weighted by molar-refractivity contribution is 5.82. The van der Waals surface area contributed by atoms with E-state index in [0.717, 1.165) is 5.56 Å². The molecule has 0 spiro atoms. The summed E-state index contributed by atoms with van der Waals surface area (Å²) in [6.07, 6.45) is 0.470. The van der Waals surface area contributed by atoms with E-state index in [-0.39, 0.29) is 11.8 Å². The van der Waals surface area contributed by atoms with Crippen LogP contribution in [0.3, 0.4) is 0 Å². The Hall–Kier alpha value is -1.42. The van der Waals surface area contributed by atoms with E-state index in [4.69, 9.17) is 10.5 Å². The van der Waals surface area contributed by atoms with Crippen LogP contribution in [0, 0.1) is 5.82 Å². The average molecular weight is 239 g/mol. The van der Waals surface area contributed by atoms with Crippen LogP contribution in [0.25, 0.3) is 0 Å². The molecule has 1 rings (SSSR count). The molecule has 0 radical (unpaired) electrons. The molecule has 2 N–H and O–H groups in total. The molecule has 0 aromatic heterocycles. The number of ether oxygens (including phenoxy) is 1. The Kier molecular flexibility index (Phi) is 4.63. The first kappa shape index (κ1) is 13.6. The van der Waals surface area contributed by atoms with Gasteiger partial charge in [0.15, 0.2) is 0 Å². The van der Waals surface area contributed by atoms with Gasteiger partial charge in [0.1, 0.15) is 5.82 Å². The van der Waals surface area contributed by atoms with E-state index in [9.17, 15) is 9.18 Å². The highest BCUT2D eigenvalue weighted by Gasteiger charge is 2.35. The maximum atomic E-state index is 12.9. The molecular formula is C13H18FNO2. The maximum Gasteiger partial charge on any atom is 0.316 e. The molecule has 3 nitrogen and oxygen atoms in total. The highest BCUT2D eigenvalue weighted by atomic mass is 19.1. The third-order valence-corrected chi connectivity index (χ3v) is 2.85. The number of hydrogen-bond donors (Lipinski definition) is 1. The van der Waals surface area contributed by atoms with Crippen LogP contribution < -0.4 is 5.73 Å². The van der Waals surface area contributed by atoms with Crippen molar-refractivity contribution < 1.29 is 13.9 Å². The van der Waals surface area contributed by atoms with Gasteiger partial charge in [-0.15, -0.1) is 0 Å². The largest absolute Gasteiger partial charge is 0.465 e. The molecule has 0 saturated heterocycles. The van der Waals surface area contributed by atoms with E-state index in [0.29, 0.717) is 19.6 Å². The van der Waals surface area contributed by atoms with Crippen molar-refractivity contribution in [3.63, 3.8) is 0 Å². The molecule has 0 aliphatic rings. The Morgan fingerprint density at radius 1 is 1.41 bits per heavy atom. The van der Waals surface area contributed by atoms with Gasteiger partial charge in [0.2, 0.25) is 0 Å². The maximum absolute atomic E-state index is 12.9. The first-order valence-corrected chi connectivity index (χ1v) is 5.68. The van der Waals surface area contributed by atoms with E-state index in [1.165, 1.54) is 12.1 Å². The van der Waals surface area contributed by atoms with Crippen LogP contribution in [0.4, 0.5) is 4.39 Å². The molecule has 0 fully saturated rings. The lowest BCUT2D eigenvalue weighted by Gasteiger charge is -2.27. The van der Waals surface area contributed by atoms with E-state index < -0.39 is 5.41 Å². The lowest BCUT2D eigenvalue weighted by Crippen LogP contribution is -2.36. The predicted molar refractivity (Wildman–Crippen MR) is 64.1 cm³/mol. The topological polar surface area (TPSA) is 52.3 Å². The van der Waals surface area contributed by atoms with Gasteiger partial charge in [0.05, 0.1) is 12.0 Å². The van der Waals surface area contributed by atoms with Crippen LogP contribution >= 0.6 is 0 Å². The van der Waals surface area contributed by atoms with Gasteiger partial charge < -0.3 is 10.5 Å². The summed E-state index contributed by atoms with van der Waals surface area (Å²) < 4.78 is 17.9. The molecule has 0 saturated carbocycles. The standard InChI is InChI=1S/C13H18FNO2/c1-3-17-12(16)13(2,8-9-15)10-4-6-11(14)7-5-10/h4-7H,3,8-9,15H2,1-2H3. The molecule has 0 amide bonds. The lowest BCUT2D eigenvalue weighted by molar-refractivity contribution is -0.149. The monoisotopic (exact) mass is 239 g/mol. The van der Waals surface area contributed by atoms with Crippen molar-refractivity contribution in [3.05, 3.63) is 35.6 Å². The first-order valence-electron chi connectivity index (χ1n) is 5.68. The van der Waals surface area contributed by atoms with Crippen LogP contribution in [-0.4, -0.2) is 19.1 Å². The van der Waals surface area contributed by atoms with Crippen LogP contribution in [0.15, 0.2) is 24.3 Å². The fourth-order valence-corrected chi connectivity index (χ4v) is 1.76. The van der Waals surface area contributed by atoms with Gasteiger partial charge in [0, 0.05) is 0 Å². The fraction of sp³-hybridized carbons (Fsp3) is 0.462. The van der Waals surface area contributed by atoms with Crippen molar-refractivity contribution >= 4 is 5.97 Å². The van der Waals surface area contributed by atoms with Gasteiger partial charge in [0.25, 0.3) is 0 Å². The lowest BCUT2D eigenvalue weighted by atomic mass is 9.79. The minimum Gasteiger partial charge on any atom is -0.465 e. The van der Waals surface area contributed by atoms with Gasteiger partial charge in [-0.2, -0.15) is 0 Å². The van der Waals surface area contributed by atoms with Crippen LogP contribution in [0.5, 0.6) is 0 Å². The number of rotatable bonds is 5. The van der Waals surface area contributed by atoms with Crippen LogP contribution in [-0.2, 0) is 14.9 Å². The number of esters is 1. The van der Waals surface area contributed by atoms with Crippen molar-refractivity contribution in [2.75, 3.05) is 13.2 Å². The summed E-state index contributed by atoms with van der Waals surface area (Å²) in [5, 5.41) is 0. The minimum atomic E-state index is -0.807. The van der Waals surface area contributed by atoms with Crippen molar-refractivity contribution in [1.29, 1.82) is 0 Å². The Morgan fingerprint density at radius 3 is 2.47 bits per heavy atom. The van der Waals surface area contributed by atoms with E-state index in [2.05, 4.69) is 0 Å². The smallest absolute Gasteiger partial charge is 0.316 e. The summed E-state index contributed by atoms with van der Waals surface area (Å²) in [6, 6.07) is 5.87. The molecule has 17 heavy (non-hydrogen) atoms.